The number of hydrogen-bond acceptors (Lipinski definition) is 2. The lowest BCUT2D eigenvalue weighted by Crippen LogP contribution is -2.25. The van der Waals surface area contributed by atoms with Crippen molar-refractivity contribution in [2.75, 3.05) is 7.05 Å². The molecule has 0 aliphatic carbocycles. The molecule has 0 saturated carbocycles. The molecular formula is C23H26N4S. The van der Waals surface area contributed by atoms with Gasteiger partial charge in [0.15, 0.2) is 5.11 Å². The third kappa shape index (κ3) is 3.00. The first-order valence-corrected chi connectivity index (χ1v) is 10.00. The van der Waals surface area contributed by atoms with E-state index in [9.17, 15) is 0 Å². The van der Waals surface area contributed by atoms with Crippen LogP contribution in [0.25, 0.3) is 5.69 Å². The van der Waals surface area contributed by atoms with Crippen LogP contribution in [0.4, 0.5) is 0 Å². The fourth-order valence-corrected chi connectivity index (χ4v) is 4.51. The highest BCUT2D eigenvalue weighted by atomic mass is 32.1. The molecule has 0 radical (unpaired) electrons. The van der Waals surface area contributed by atoms with E-state index in [1.165, 1.54) is 33.8 Å². The van der Waals surface area contributed by atoms with Crippen LogP contribution >= 0.6 is 12.2 Å². The molecule has 28 heavy (non-hydrogen) atoms. The van der Waals surface area contributed by atoms with Crippen molar-refractivity contribution in [3.05, 3.63) is 82.4 Å². The first-order chi connectivity index (χ1) is 13.4. The molecule has 4 nitrogen and oxygen atoms in total. The van der Waals surface area contributed by atoms with E-state index < -0.39 is 0 Å². The van der Waals surface area contributed by atoms with Crippen LogP contribution in [0.1, 0.15) is 45.9 Å². The fourth-order valence-electron chi connectivity index (χ4n) is 4.27. The van der Waals surface area contributed by atoms with Crippen LogP contribution in [-0.2, 0) is 0 Å². The maximum Gasteiger partial charge on any atom is 0.169 e. The maximum absolute atomic E-state index is 5.59. The lowest BCUT2D eigenvalue weighted by molar-refractivity contribution is 0.367. The Balaban J connectivity index is 1.85. The summed E-state index contributed by atoms with van der Waals surface area (Å²) in [6, 6.07) is 15.1. The van der Waals surface area contributed by atoms with Crippen molar-refractivity contribution in [1.82, 2.24) is 19.8 Å². The summed E-state index contributed by atoms with van der Waals surface area (Å²) in [5, 5.41) is 4.23. The molecule has 5 heteroatoms. The van der Waals surface area contributed by atoms with Gasteiger partial charge in [-0.15, -0.1) is 0 Å². The molecule has 1 aliphatic rings. The van der Waals surface area contributed by atoms with E-state index >= 15 is 0 Å². The molecule has 144 valence electrons. The summed E-state index contributed by atoms with van der Waals surface area (Å²) in [7, 11) is 2.06. The molecule has 1 N–H and O–H groups in total. The summed E-state index contributed by atoms with van der Waals surface area (Å²) in [5.41, 5.74) is 8.55. The van der Waals surface area contributed by atoms with Crippen molar-refractivity contribution < 1.29 is 0 Å². The van der Waals surface area contributed by atoms with Gasteiger partial charge in [-0.1, -0.05) is 18.2 Å². The monoisotopic (exact) mass is 390 g/mol. The number of rotatable bonds is 3. The van der Waals surface area contributed by atoms with Crippen molar-refractivity contribution in [3.8, 4) is 5.69 Å². The highest BCUT2D eigenvalue weighted by Gasteiger charge is 2.39. The second-order valence-corrected chi connectivity index (χ2v) is 8.08. The molecule has 0 bridgehead atoms. The van der Waals surface area contributed by atoms with Gasteiger partial charge in [0.2, 0.25) is 0 Å². The van der Waals surface area contributed by atoms with E-state index in [1.807, 2.05) is 18.3 Å². The van der Waals surface area contributed by atoms with E-state index in [0.29, 0.717) is 0 Å². The number of pyridine rings is 1. The Kier molecular flexibility index (Phi) is 4.71. The first kappa shape index (κ1) is 18.7. The van der Waals surface area contributed by atoms with Crippen LogP contribution in [0.15, 0.2) is 48.7 Å². The average Bonchev–Trinajstić information content (AvgIpc) is 3.13. The first-order valence-electron chi connectivity index (χ1n) is 9.59. The number of benzene rings is 1. The number of aromatic nitrogens is 2. The van der Waals surface area contributed by atoms with Gasteiger partial charge < -0.3 is 14.8 Å². The van der Waals surface area contributed by atoms with Crippen LogP contribution in [0.2, 0.25) is 0 Å². The van der Waals surface area contributed by atoms with Gasteiger partial charge >= 0.3 is 0 Å². The molecule has 2 aromatic heterocycles. The number of likely N-dealkylation sites (N-methyl/N-ethyl adjacent to an activating group) is 1. The Hall–Kier alpha value is -2.66. The summed E-state index contributed by atoms with van der Waals surface area (Å²) in [5.74, 6) is 0. The van der Waals surface area contributed by atoms with Crippen molar-refractivity contribution in [2.24, 2.45) is 0 Å². The maximum atomic E-state index is 5.59. The number of hydrogen-bond donors (Lipinski definition) is 1. The third-order valence-electron chi connectivity index (χ3n) is 5.73. The summed E-state index contributed by atoms with van der Waals surface area (Å²) < 4.78 is 2.36. The predicted molar refractivity (Wildman–Crippen MR) is 118 cm³/mol. The normalized spacial score (nSPS) is 19.2. The number of nitrogens with zero attached hydrogens (tertiary/aromatic N) is 3. The molecule has 2 atom stereocenters. The standard InChI is InChI=1S/C23H26N4S/c1-14-9-10-15(2)20(12-14)27-16(3)13-18(17(27)4)22-21(25-23(28)26(22)5)19-8-6-7-11-24-19/h6-13,21-22H,1-5H3,(H,25,28)/t21-,22+/m0/s1. The molecule has 1 saturated heterocycles. The molecule has 0 unspecified atom stereocenters. The lowest BCUT2D eigenvalue weighted by Gasteiger charge is -2.24. The van der Waals surface area contributed by atoms with Crippen LogP contribution in [-0.4, -0.2) is 26.6 Å². The van der Waals surface area contributed by atoms with Gasteiger partial charge in [0.05, 0.1) is 17.8 Å². The quantitative estimate of drug-likeness (QED) is 0.657. The Bertz CT molecular complexity index is 1040. The van der Waals surface area contributed by atoms with Crippen molar-refractivity contribution in [2.45, 2.75) is 39.8 Å². The van der Waals surface area contributed by atoms with Gasteiger partial charge in [0.25, 0.3) is 0 Å². The van der Waals surface area contributed by atoms with Crippen molar-refractivity contribution in [3.63, 3.8) is 0 Å². The Morgan fingerprint density at radius 2 is 1.82 bits per heavy atom. The summed E-state index contributed by atoms with van der Waals surface area (Å²) >= 11 is 5.59. The molecule has 1 aliphatic heterocycles. The van der Waals surface area contributed by atoms with Crippen LogP contribution in [0, 0.1) is 27.7 Å². The minimum atomic E-state index is 0.0336. The minimum Gasteiger partial charge on any atom is -0.352 e. The predicted octanol–water partition coefficient (Wildman–Crippen LogP) is 4.71. The third-order valence-corrected chi connectivity index (χ3v) is 6.14. The van der Waals surface area contributed by atoms with Gasteiger partial charge in [-0.3, -0.25) is 4.98 Å². The Morgan fingerprint density at radius 3 is 2.54 bits per heavy atom. The Labute approximate surface area is 172 Å². The zero-order valence-corrected chi connectivity index (χ0v) is 17.8. The van der Waals surface area contributed by atoms with Crippen LogP contribution in [0.5, 0.6) is 0 Å². The average molecular weight is 391 g/mol. The highest BCUT2D eigenvalue weighted by molar-refractivity contribution is 7.80. The molecule has 3 aromatic rings. The number of aryl methyl sites for hydroxylation is 3. The summed E-state index contributed by atoms with van der Waals surface area (Å²) in [6.07, 6.45) is 1.84. The summed E-state index contributed by atoms with van der Waals surface area (Å²) in [4.78, 5) is 6.75. The van der Waals surface area contributed by atoms with Gasteiger partial charge in [-0.25, -0.2) is 0 Å². The SMILES string of the molecule is Cc1ccc(C)c(-n2c(C)cc([C@@H]3[C@H](c4ccccn4)NC(=S)N3C)c2C)c1. The largest absolute Gasteiger partial charge is 0.352 e. The molecule has 0 amide bonds. The van der Waals surface area contributed by atoms with Crippen LogP contribution < -0.4 is 5.32 Å². The molecule has 3 heterocycles. The lowest BCUT2D eigenvalue weighted by atomic mass is 9.97. The number of thiocarbonyl (C=S) groups is 1. The van der Waals surface area contributed by atoms with E-state index in [2.05, 4.69) is 84.8 Å². The zero-order chi connectivity index (χ0) is 20.0. The van der Waals surface area contributed by atoms with E-state index in [-0.39, 0.29) is 12.1 Å². The van der Waals surface area contributed by atoms with E-state index in [4.69, 9.17) is 12.2 Å². The molecule has 4 rings (SSSR count). The van der Waals surface area contributed by atoms with Gasteiger partial charge in [-0.2, -0.15) is 0 Å². The zero-order valence-electron chi connectivity index (χ0n) is 17.0. The fraction of sp³-hybridized carbons (Fsp3) is 0.304. The summed E-state index contributed by atoms with van der Waals surface area (Å²) in [6.45, 7) is 8.69. The molecule has 0 spiro atoms. The Morgan fingerprint density at radius 1 is 1.04 bits per heavy atom. The van der Waals surface area contributed by atoms with Gasteiger partial charge in [0, 0.05) is 30.3 Å². The smallest absolute Gasteiger partial charge is 0.169 e. The number of nitrogens with one attached hydrogen (secondary N) is 1. The van der Waals surface area contributed by atoms with E-state index in [0.717, 1.165) is 10.8 Å². The molecule has 1 fully saturated rings. The molecular weight excluding hydrogens is 364 g/mol. The topological polar surface area (TPSA) is 33.1 Å². The highest BCUT2D eigenvalue weighted by Crippen LogP contribution is 2.40. The second kappa shape index (κ2) is 7.06. The van der Waals surface area contributed by atoms with Crippen LogP contribution in [0.3, 0.4) is 0 Å². The van der Waals surface area contributed by atoms with Crippen molar-refractivity contribution >= 4 is 17.3 Å². The van der Waals surface area contributed by atoms with Gasteiger partial charge in [0.1, 0.15) is 0 Å². The van der Waals surface area contributed by atoms with Crippen molar-refractivity contribution in [1.29, 1.82) is 0 Å². The van der Waals surface area contributed by atoms with Gasteiger partial charge in [-0.05, 0) is 80.9 Å². The molecule has 1 aromatic carbocycles. The minimum absolute atomic E-state index is 0.0336. The van der Waals surface area contributed by atoms with E-state index in [1.54, 1.807) is 0 Å². The second-order valence-electron chi connectivity index (χ2n) is 7.69.